The molecule has 2 aliphatic carbocycles. The fourth-order valence-electron chi connectivity index (χ4n) is 4.24. The van der Waals surface area contributed by atoms with Crippen molar-refractivity contribution < 1.29 is 0 Å². The number of nitrogens with one attached hydrogen (secondary N) is 1. The van der Waals surface area contributed by atoms with Crippen LogP contribution in [0.3, 0.4) is 0 Å². The molecule has 118 valence electrons. The minimum atomic E-state index is 0.519. The van der Waals surface area contributed by atoms with Crippen molar-refractivity contribution in [1.82, 2.24) is 10.3 Å². The maximum atomic E-state index is 5.04. The van der Waals surface area contributed by atoms with E-state index in [1.165, 1.54) is 49.2 Å². The quantitative estimate of drug-likeness (QED) is 0.850. The van der Waals surface area contributed by atoms with Gasteiger partial charge in [-0.1, -0.05) is 24.6 Å². The van der Waals surface area contributed by atoms with Crippen molar-refractivity contribution in [2.24, 2.45) is 5.92 Å². The zero-order chi connectivity index (χ0) is 14.9. The average molecular weight is 314 g/mol. The van der Waals surface area contributed by atoms with E-state index in [9.17, 15) is 0 Å². The minimum absolute atomic E-state index is 0.519. The third-order valence-electron chi connectivity index (χ3n) is 5.67. The first-order valence-corrected chi connectivity index (χ1v) is 9.75. The SMILES string of the molecule is CC1CCCC2=C1CC(c1csc(C3CCNCC3)n1)C=C2. The van der Waals surface area contributed by atoms with E-state index in [4.69, 9.17) is 4.98 Å². The van der Waals surface area contributed by atoms with Gasteiger partial charge in [0, 0.05) is 17.2 Å². The highest BCUT2D eigenvalue weighted by atomic mass is 32.1. The molecule has 1 aromatic rings. The summed E-state index contributed by atoms with van der Waals surface area (Å²) in [5, 5.41) is 7.15. The van der Waals surface area contributed by atoms with Gasteiger partial charge >= 0.3 is 0 Å². The van der Waals surface area contributed by atoms with E-state index in [1.807, 2.05) is 11.3 Å². The molecule has 0 amide bonds. The van der Waals surface area contributed by atoms with Crippen LogP contribution in [0.25, 0.3) is 0 Å². The summed E-state index contributed by atoms with van der Waals surface area (Å²) in [4.78, 5) is 5.04. The average Bonchev–Trinajstić information content (AvgIpc) is 3.06. The molecule has 22 heavy (non-hydrogen) atoms. The highest BCUT2D eigenvalue weighted by Crippen LogP contribution is 2.41. The first-order valence-electron chi connectivity index (χ1n) is 8.87. The Bertz CT molecular complexity index is 592. The predicted molar refractivity (Wildman–Crippen MR) is 93.5 cm³/mol. The number of hydrogen-bond acceptors (Lipinski definition) is 3. The van der Waals surface area contributed by atoms with Crippen molar-refractivity contribution in [2.45, 2.75) is 57.3 Å². The fraction of sp³-hybridized carbons (Fsp3) is 0.632. The van der Waals surface area contributed by atoms with Gasteiger partial charge in [0.25, 0.3) is 0 Å². The second-order valence-electron chi connectivity index (χ2n) is 7.15. The Balaban J connectivity index is 1.50. The van der Waals surface area contributed by atoms with E-state index in [0.717, 1.165) is 19.0 Å². The molecular weight excluding hydrogens is 288 g/mol. The molecule has 2 heterocycles. The van der Waals surface area contributed by atoms with Crippen LogP contribution in [-0.2, 0) is 0 Å². The Labute approximate surface area is 137 Å². The number of piperidine rings is 1. The number of hydrogen-bond donors (Lipinski definition) is 1. The zero-order valence-electron chi connectivity index (χ0n) is 13.5. The van der Waals surface area contributed by atoms with E-state index < -0.39 is 0 Å². The summed E-state index contributed by atoms with van der Waals surface area (Å²) in [6, 6.07) is 0. The molecule has 0 radical (unpaired) electrons. The second-order valence-corrected chi connectivity index (χ2v) is 8.04. The van der Waals surface area contributed by atoms with Crippen LogP contribution in [0.4, 0.5) is 0 Å². The number of rotatable bonds is 2. The van der Waals surface area contributed by atoms with Crippen molar-refractivity contribution in [1.29, 1.82) is 0 Å². The topological polar surface area (TPSA) is 24.9 Å². The Morgan fingerprint density at radius 2 is 2.09 bits per heavy atom. The molecule has 0 bridgehead atoms. The number of aromatic nitrogens is 1. The summed E-state index contributed by atoms with van der Waals surface area (Å²) in [5.74, 6) is 1.99. The van der Waals surface area contributed by atoms with E-state index in [0.29, 0.717) is 11.8 Å². The summed E-state index contributed by atoms with van der Waals surface area (Å²) in [7, 11) is 0. The second kappa shape index (κ2) is 6.29. The van der Waals surface area contributed by atoms with E-state index in [2.05, 4.69) is 29.8 Å². The lowest BCUT2D eigenvalue weighted by Crippen LogP contribution is -2.26. The lowest BCUT2D eigenvalue weighted by atomic mass is 9.76. The van der Waals surface area contributed by atoms with Gasteiger partial charge in [0.2, 0.25) is 0 Å². The maximum Gasteiger partial charge on any atom is 0.0960 e. The van der Waals surface area contributed by atoms with E-state index >= 15 is 0 Å². The largest absolute Gasteiger partial charge is 0.317 e. The summed E-state index contributed by atoms with van der Waals surface area (Å²) >= 11 is 1.89. The van der Waals surface area contributed by atoms with Gasteiger partial charge in [0.05, 0.1) is 10.7 Å². The Kier molecular flexibility index (Phi) is 4.19. The molecule has 1 N–H and O–H groups in total. The van der Waals surface area contributed by atoms with Gasteiger partial charge in [-0.25, -0.2) is 4.98 Å². The molecule has 0 spiro atoms. The van der Waals surface area contributed by atoms with Crippen LogP contribution >= 0.6 is 11.3 Å². The van der Waals surface area contributed by atoms with Gasteiger partial charge in [-0.3, -0.25) is 0 Å². The molecule has 2 atom stereocenters. The lowest BCUT2D eigenvalue weighted by Gasteiger charge is -2.30. The predicted octanol–water partition coefficient (Wildman–Crippen LogP) is 4.77. The molecule has 2 nitrogen and oxygen atoms in total. The van der Waals surface area contributed by atoms with Gasteiger partial charge in [0.15, 0.2) is 0 Å². The van der Waals surface area contributed by atoms with E-state index in [1.54, 1.807) is 11.1 Å². The van der Waals surface area contributed by atoms with E-state index in [-0.39, 0.29) is 0 Å². The van der Waals surface area contributed by atoms with Gasteiger partial charge in [-0.2, -0.15) is 0 Å². The monoisotopic (exact) mass is 314 g/mol. The molecule has 0 aromatic carbocycles. The summed E-state index contributed by atoms with van der Waals surface area (Å²) < 4.78 is 0. The fourth-order valence-corrected chi connectivity index (χ4v) is 5.30. The molecular formula is C19H26N2S. The van der Waals surface area contributed by atoms with Crippen LogP contribution in [0.2, 0.25) is 0 Å². The van der Waals surface area contributed by atoms with Crippen molar-refractivity contribution in [2.75, 3.05) is 13.1 Å². The smallest absolute Gasteiger partial charge is 0.0960 e. The standard InChI is InChI=1S/C19H26N2S/c1-13-3-2-4-14-5-6-16(11-17(13)14)18-12-22-19(21-18)15-7-9-20-10-8-15/h5-6,12-13,15-16,20H,2-4,7-11H2,1H3. The summed E-state index contributed by atoms with van der Waals surface area (Å²) in [6.45, 7) is 4.71. The number of thiazole rings is 1. The number of nitrogens with zero attached hydrogens (tertiary/aromatic N) is 1. The number of allylic oxidation sites excluding steroid dienone is 4. The van der Waals surface area contributed by atoms with Crippen LogP contribution in [0.5, 0.6) is 0 Å². The first kappa shape index (κ1) is 14.6. The molecule has 1 aliphatic heterocycles. The summed E-state index contributed by atoms with van der Waals surface area (Å²) in [6.07, 6.45) is 12.6. The molecule has 2 unspecified atom stereocenters. The Morgan fingerprint density at radius 1 is 1.23 bits per heavy atom. The van der Waals surface area contributed by atoms with Crippen molar-refractivity contribution in [3.8, 4) is 0 Å². The molecule has 4 rings (SSSR count). The zero-order valence-corrected chi connectivity index (χ0v) is 14.3. The van der Waals surface area contributed by atoms with Crippen molar-refractivity contribution >= 4 is 11.3 Å². The van der Waals surface area contributed by atoms with Crippen molar-refractivity contribution in [3.05, 3.63) is 39.4 Å². The summed E-state index contributed by atoms with van der Waals surface area (Å²) in [5.41, 5.74) is 4.66. The van der Waals surface area contributed by atoms with Crippen LogP contribution < -0.4 is 5.32 Å². The van der Waals surface area contributed by atoms with Crippen LogP contribution in [0, 0.1) is 5.92 Å². The molecule has 1 fully saturated rings. The third kappa shape index (κ3) is 2.81. The van der Waals surface area contributed by atoms with Gasteiger partial charge in [-0.05, 0) is 63.1 Å². The lowest BCUT2D eigenvalue weighted by molar-refractivity contribution is 0.458. The Hall–Kier alpha value is -0.930. The highest BCUT2D eigenvalue weighted by Gasteiger charge is 2.26. The van der Waals surface area contributed by atoms with Crippen LogP contribution in [-0.4, -0.2) is 18.1 Å². The minimum Gasteiger partial charge on any atom is -0.317 e. The first-order chi connectivity index (χ1) is 10.8. The molecule has 3 aliphatic rings. The van der Waals surface area contributed by atoms with Gasteiger partial charge in [-0.15, -0.1) is 11.3 Å². The van der Waals surface area contributed by atoms with Crippen molar-refractivity contribution in [3.63, 3.8) is 0 Å². The molecule has 1 aromatic heterocycles. The normalized spacial score (nSPS) is 29.7. The molecule has 3 heteroatoms. The Morgan fingerprint density at radius 3 is 2.95 bits per heavy atom. The molecule has 0 saturated carbocycles. The van der Waals surface area contributed by atoms with Crippen LogP contribution in [0.1, 0.15) is 68.0 Å². The van der Waals surface area contributed by atoms with Gasteiger partial charge in [0.1, 0.15) is 0 Å². The maximum absolute atomic E-state index is 5.04. The highest BCUT2D eigenvalue weighted by molar-refractivity contribution is 7.09. The molecule has 1 saturated heterocycles. The van der Waals surface area contributed by atoms with Gasteiger partial charge < -0.3 is 5.32 Å². The third-order valence-corrected chi connectivity index (χ3v) is 6.69. The van der Waals surface area contributed by atoms with Crippen LogP contribution in [0.15, 0.2) is 28.7 Å².